The van der Waals surface area contributed by atoms with E-state index in [-0.39, 0.29) is 35.3 Å². The number of aryl methyl sites for hydroxylation is 1. The van der Waals surface area contributed by atoms with Crippen LogP contribution in [0.5, 0.6) is 0 Å². The number of halogens is 1. The number of nitrogens with one attached hydrogen (secondary N) is 1. The quantitative estimate of drug-likeness (QED) is 0.519. The third kappa shape index (κ3) is 3.96. The standard InChI is InChI=1S/C26H27ClN4O3S/c1-13-6-14(27)7-17(16(13)10-21-26(2,3)30-4-5-34-21)22-23-20(28-12-29-22)8-15(35-23)11-31-24(32)18-9-19(18)25(31)33/h6-8,12,18-19,21,30H,4-5,9-11H2,1-3H3. The Labute approximate surface area is 212 Å². The normalized spacial score (nSPS) is 25.4. The summed E-state index contributed by atoms with van der Waals surface area (Å²) in [5.41, 5.74) is 4.67. The number of fused-ring (bicyclic) bond motifs is 2. The van der Waals surface area contributed by atoms with Crippen molar-refractivity contribution in [3.63, 3.8) is 0 Å². The van der Waals surface area contributed by atoms with E-state index in [1.165, 1.54) is 16.2 Å². The van der Waals surface area contributed by atoms with Crippen LogP contribution in [0.1, 0.15) is 36.3 Å². The Morgan fingerprint density at radius 1 is 1.20 bits per heavy atom. The number of imide groups is 1. The first-order valence-electron chi connectivity index (χ1n) is 12.0. The van der Waals surface area contributed by atoms with Crippen LogP contribution < -0.4 is 5.32 Å². The molecular weight excluding hydrogens is 484 g/mol. The average molecular weight is 511 g/mol. The van der Waals surface area contributed by atoms with Crippen molar-refractivity contribution in [2.24, 2.45) is 11.8 Å². The number of carbonyl (C=O) groups excluding carboxylic acids is 2. The predicted molar refractivity (Wildman–Crippen MR) is 135 cm³/mol. The first-order valence-corrected chi connectivity index (χ1v) is 13.2. The molecule has 182 valence electrons. The van der Waals surface area contributed by atoms with Gasteiger partial charge in [0.05, 0.1) is 47.0 Å². The fraction of sp³-hybridized carbons (Fsp3) is 0.462. The highest BCUT2D eigenvalue weighted by molar-refractivity contribution is 7.19. The van der Waals surface area contributed by atoms with E-state index in [2.05, 4.69) is 36.1 Å². The van der Waals surface area contributed by atoms with E-state index in [4.69, 9.17) is 16.3 Å². The minimum Gasteiger partial charge on any atom is -0.375 e. The van der Waals surface area contributed by atoms with Crippen molar-refractivity contribution in [1.29, 1.82) is 0 Å². The van der Waals surface area contributed by atoms with Gasteiger partial charge < -0.3 is 10.1 Å². The molecule has 6 rings (SSSR count). The van der Waals surface area contributed by atoms with Crippen molar-refractivity contribution in [3.8, 4) is 11.3 Å². The molecule has 2 saturated heterocycles. The maximum Gasteiger partial charge on any atom is 0.233 e. The Bertz CT molecular complexity index is 1350. The van der Waals surface area contributed by atoms with Gasteiger partial charge in [-0.25, -0.2) is 9.97 Å². The van der Waals surface area contributed by atoms with E-state index in [1.807, 2.05) is 18.2 Å². The molecular formula is C26H27ClN4O3S. The van der Waals surface area contributed by atoms with Gasteiger partial charge in [0.2, 0.25) is 11.8 Å². The highest BCUT2D eigenvalue weighted by atomic mass is 35.5. The lowest BCUT2D eigenvalue weighted by atomic mass is 9.86. The summed E-state index contributed by atoms with van der Waals surface area (Å²) in [4.78, 5) is 36.4. The van der Waals surface area contributed by atoms with Crippen LogP contribution in [0.25, 0.3) is 21.5 Å². The Morgan fingerprint density at radius 2 is 1.97 bits per heavy atom. The first-order chi connectivity index (χ1) is 16.7. The molecule has 3 fully saturated rings. The second kappa shape index (κ2) is 8.34. The summed E-state index contributed by atoms with van der Waals surface area (Å²) in [5, 5.41) is 4.22. The second-order valence-corrected chi connectivity index (χ2v) is 11.9. The highest BCUT2D eigenvalue weighted by Gasteiger charge is 2.58. The summed E-state index contributed by atoms with van der Waals surface area (Å²) in [6.07, 6.45) is 3.01. The third-order valence-electron chi connectivity index (χ3n) is 7.52. The number of benzene rings is 1. The predicted octanol–water partition coefficient (Wildman–Crippen LogP) is 4.13. The number of thiophene rings is 1. The molecule has 3 aromatic rings. The van der Waals surface area contributed by atoms with E-state index in [0.717, 1.165) is 50.4 Å². The third-order valence-corrected chi connectivity index (χ3v) is 8.86. The van der Waals surface area contributed by atoms with Crippen molar-refractivity contribution in [2.45, 2.75) is 51.8 Å². The molecule has 1 saturated carbocycles. The molecule has 7 nitrogen and oxygen atoms in total. The van der Waals surface area contributed by atoms with Gasteiger partial charge in [-0.2, -0.15) is 0 Å². The smallest absolute Gasteiger partial charge is 0.233 e. The number of hydrogen-bond acceptors (Lipinski definition) is 7. The van der Waals surface area contributed by atoms with Crippen LogP contribution in [0.3, 0.4) is 0 Å². The molecule has 3 aliphatic rings. The number of aromatic nitrogens is 2. The summed E-state index contributed by atoms with van der Waals surface area (Å²) in [6, 6.07) is 5.91. The lowest BCUT2D eigenvalue weighted by molar-refractivity contribution is -0.141. The number of rotatable bonds is 5. The summed E-state index contributed by atoms with van der Waals surface area (Å²) in [5.74, 6) is -0.268. The van der Waals surface area contributed by atoms with Crippen molar-refractivity contribution in [2.75, 3.05) is 13.2 Å². The zero-order chi connectivity index (χ0) is 24.5. The molecule has 0 spiro atoms. The van der Waals surface area contributed by atoms with Crippen LogP contribution in [0.4, 0.5) is 0 Å². The molecule has 2 amide bonds. The zero-order valence-electron chi connectivity index (χ0n) is 19.9. The largest absolute Gasteiger partial charge is 0.375 e. The lowest BCUT2D eigenvalue weighted by Crippen LogP contribution is -2.57. The van der Waals surface area contributed by atoms with Crippen LogP contribution >= 0.6 is 22.9 Å². The summed E-state index contributed by atoms with van der Waals surface area (Å²) >= 11 is 8.06. The first kappa shape index (κ1) is 23.0. The molecule has 2 aromatic heterocycles. The molecule has 1 aliphatic carbocycles. The van der Waals surface area contributed by atoms with E-state index in [0.29, 0.717) is 24.6 Å². The highest BCUT2D eigenvalue weighted by Crippen LogP contribution is 2.48. The Balaban J connectivity index is 1.39. The molecule has 2 aliphatic heterocycles. The van der Waals surface area contributed by atoms with Gasteiger partial charge in [-0.1, -0.05) is 11.6 Å². The molecule has 0 bridgehead atoms. The Morgan fingerprint density at radius 3 is 2.71 bits per heavy atom. The van der Waals surface area contributed by atoms with Crippen LogP contribution in [0.2, 0.25) is 5.02 Å². The van der Waals surface area contributed by atoms with Crippen molar-refractivity contribution in [1.82, 2.24) is 20.2 Å². The number of morpholine rings is 1. The van der Waals surface area contributed by atoms with Crippen LogP contribution in [-0.2, 0) is 27.3 Å². The second-order valence-electron chi connectivity index (χ2n) is 10.3. The van der Waals surface area contributed by atoms with Gasteiger partial charge in [0.25, 0.3) is 0 Å². The summed E-state index contributed by atoms with van der Waals surface area (Å²) in [7, 11) is 0. The van der Waals surface area contributed by atoms with Crippen LogP contribution in [0, 0.1) is 18.8 Å². The van der Waals surface area contributed by atoms with E-state index >= 15 is 0 Å². The number of carbonyl (C=O) groups is 2. The molecule has 0 radical (unpaired) electrons. The molecule has 3 atom stereocenters. The molecule has 9 heteroatoms. The van der Waals surface area contributed by atoms with E-state index < -0.39 is 0 Å². The van der Waals surface area contributed by atoms with E-state index in [9.17, 15) is 9.59 Å². The number of amides is 2. The lowest BCUT2D eigenvalue weighted by Gasteiger charge is -2.40. The van der Waals surface area contributed by atoms with Gasteiger partial charge in [-0.15, -0.1) is 11.3 Å². The average Bonchev–Trinajstić information content (AvgIpc) is 3.44. The number of piperidine rings is 1. The molecule has 1 N–H and O–H groups in total. The monoisotopic (exact) mass is 510 g/mol. The maximum atomic E-state index is 12.5. The summed E-state index contributed by atoms with van der Waals surface area (Å²) < 4.78 is 7.10. The number of hydrogen-bond donors (Lipinski definition) is 1. The fourth-order valence-electron chi connectivity index (χ4n) is 5.39. The van der Waals surface area contributed by atoms with Crippen molar-refractivity contribution in [3.05, 3.63) is 45.6 Å². The van der Waals surface area contributed by atoms with Gasteiger partial charge >= 0.3 is 0 Å². The van der Waals surface area contributed by atoms with E-state index in [1.54, 1.807) is 6.33 Å². The zero-order valence-corrected chi connectivity index (χ0v) is 21.5. The SMILES string of the molecule is Cc1cc(Cl)cc(-c2ncnc3cc(CN4C(=O)C5CC5C4=O)sc23)c1CC1OCCNC1(C)C. The number of ether oxygens (including phenoxy) is 1. The molecule has 35 heavy (non-hydrogen) atoms. The van der Waals surface area contributed by atoms with Gasteiger partial charge in [0.1, 0.15) is 6.33 Å². The topological polar surface area (TPSA) is 84.4 Å². The Hall–Kier alpha value is -2.39. The number of likely N-dealkylation sites (tertiary alicyclic amines) is 1. The van der Waals surface area contributed by atoms with Gasteiger partial charge in [0.15, 0.2) is 0 Å². The van der Waals surface area contributed by atoms with Crippen molar-refractivity contribution >= 4 is 45.0 Å². The van der Waals surface area contributed by atoms with Crippen molar-refractivity contribution < 1.29 is 14.3 Å². The van der Waals surface area contributed by atoms with Crippen LogP contribution in [-0.4, -0.2) is 51.5 Å². The van der Waals surface area contributed by atoms with Gasteiger partial charge in [-0.05, 0) is 56.5 Å². The molecule has 1 aromatic carbocycles. The number of nitrogens with zero attached hydrogens (tertiary/aromatic N) is 3. The Kier molecular flexibility index (Phi) is 5.49. The van der Waals surface area contributed by atoms with Gasteiger partial charge in [-0.3, -0.25) is 14.5 Å². The molecule has 4 heterocycles. The summed E-state index contributed by atoms with van der Waals surface area (Å²) in [6.45, 7) is 8.22. The van der Waals surface area contributed by atoms with Gasteiger partial charge in [0, 0.05) is 34.0 Å². The maximum absolute atomic E-state index is 12.5. The minimum atomic E-state index is -0.159. The molecule has 3 unspecified atom stereocenters. The van der Waals surface area contributed by atoms with Crippen LogP contribution in [0.15, 0.2) is 24.5 Å². The fourth-order valence-corrected chi connectivity index (χ4v) is 6.76. The minimum absolute atomic E-state index is 0.00438.